The first kappa shape index (κ1) is 19.1. The van der Waals surface area contributed by atoms with Gasteiger partial charge in [0.2, 0.25) is 5.91 Å². The summed E-state index contributed by atoms with van der Waals surface area (Å²) in [7, 11) is 5.65. The SMILES string of the molecule is COc1ccc(C(CNC(=O)/C=C/c2nc3ccccc3s2)N(C)C)cc1. The van der Waals surface area contributed by atoms with Crippen LogP contribution in [0.4, 0.5) is 0 Å². The number of aromatic nitrogens is 1. The summed E-state index contributed by atoms with van der Waals surface area (Å²) in [5.41, 5.74) is 2.07. The molecule has 1 aromatic heterocycles. The highest BCUT2D eigenvalue weighted by atomic mass is 32.1. The summed E-state index contributed by atoms with van der Waals surface area (Å²) < 4.78 is 6.32. The van der Waals surface area contributed by atoms with Crippen LogP contribution in [0, 0.1) is 0 Å². The molecular weight excluding hydrogens is 358 g/mol. The second-order valence-electron chi connectivity index (χ2n) is 6.35. The lowest BCUT2D eigenvalue weighted by Crippen LogP contribution is -2.33. The van der Waals surface area contributed by atoms with E-state index in [2.05, 4.69) is 15.2 Å². The largest absolute Gasteiger partial charge is 0.497 e. The van der Waals surface area contributed by atoms with Gasteiger partial charge in [0.05, 0.1) is 23.4 Å². The number of fused-ring (bicyclic) bond motifs is 1. The van der Waals surface area contributed by atoms with Crippen molar-refractivity contribution in [3.63, 3.8) is 0 Å². The highest BCUT2D eigenvalue weighted by Crippen LogP contribution is 2.23. The zero-order valence-electron chi connectivity index (χ0n) is 15.7. The van der Waals surface area contributed by atoms with Gasteiger partial charge in [0.1, 0.15) is 10.8 Å². The Morgan fingerprint density at radius 1 is 1.22 bits per heavy atom. The molecule has 0 saturated carbocycles. The first-order valence-corrected chi connectivity index (χ1v) is 9.50. The topological polar surface area (TPSA) is 54.5 Å². The van der Waals surface area contributed by atoms with Gasteiger partial charge in [-0.05, 0) is 50.0 Å². The number of hydrogen-bond donors (Lipinski definition) is 1. The molecule has 0 fully saturated rings. The van der Waals surface area contributed by atoms with Gasteiger partial charge in [-0.15, -0.1) is 11.3 Å². The van der Waals surface area contributed by atoms with Gasteiger partial charge >= 0.3 is 0 Å². The first-order valence-electron chi connectivity index (χ1n) is 8.68. The number of hydrogen-bond acceptors (Lipinski definition) is 5. The van der Waals surface area contributed by atoms with E-state index in [9.17, 15) is 4.79 Å². The molecule has 0 spiro atoms. The molecule has 5 nitrogen and oxygen atoms in total. The Bertz CT molecular complexity index is 899. The van der Waals surface area contributed by atoms with Crippen molar-refractivity contribution in [3.8, 4) is 5.75 Å². The fraction of sp³-hybridized carbons (Fsp3) is 0.238. The normalized spacial score (nSPS) is 12.6. The zero-order valence-corrected chi connectivity index (χ0v) is 16.5. The van der Waals surface area contributed by atoms with E-state index in [0.29, 0.717) is 6.54 Å². The van der Waals surface area contributed by atoms with Crippen LogP contribution in [0.15, 0.2) is 54.6 Å². The van der Waals surface area contributed by atoms with E-state index in [-0.39, 0.29) is 11.9 Å². The Labute approximate surface area is 163 Å². The molecule has 1 heterocycles. The standard InChI is InChI=1S/C21H23N3O2S/c1-24(2)18(15-8-10-16(26-3)11-9-15)14-22-20(25)12-13-21-23-17-6-4-5-7-19(17)27-21/h4-13,18H,14H2,1-3H3,(H,22,25)/b13-12+. The van der Waals surface area contributed by atoms with E-state index in [1.807, 2.05) is 62.6 Å². The third kappa shape index (κ3) is 4.93. The van der Waals surface area contributed by atoms with Crippen molar-refractivity contribution < 1.29 is 9.53 Å². The molecule has 3 aromatic rings. The minimum atomic E-state index is -0.130. The van der Waals surface area contributed by atoms with E-state index in [0.717, 1.165) is 26.5 Å². The van der Waals surface area contributed by atoms with Crippen molar-refractivity contribution >= 4 is 33.5 Å². The summed E-state index contributed by atoms with van der Waals surface area (Å²) in [5, 5.41) is 3.80. The summed E-state index contributed by atoms with van der Waals surface area (Å²) in [6.07, 6.45) is 3.30. The molecule has 2 aromatic carbocycles. The second-order valence-corrected chi connectivity index (χ2v) is 7.41. The Kier molecular flexibility index (Phi) is 6.21. The number of methoxy groups -OCH3 is 1. The Hall–Kier alpha value is -2.70. The van der Waals surface area contributed by atoms with E-state index in [4.69, 9.17) is 4.74 Å². The van der Waals surface area contributed by atoms with Gasteiger partial charge in [0.15, 0.2) is 0 Å². The molecule has 140 valence electrons. The van der Waals surface area contributed by atoms with Gasteiger partial charge in [-0.2, -0.15) is 0 Å². The Morgan fingerprint density at radius 3 is 2.63 bits per heavy atom. The Morgan fingerprint density at radius 2 is 1.96 bits per heavy atom. The molecule has 0 bridgehead atoms. The molecule has 1 N–H and O–H groups in total. The third-order valence-corrected chi connectivity index (χ3v) is 5.28. The maximum Gasteiger partial charge on any atom is 0.244 e. The number of rotatable bonds is 7. The summed E-state index contributed by atoms with van der Waals surface area (Å²) in [4.78, 5) is 18.8. The number of para-hydroxylation sites is 1. The minimum Gasteiger partial charge on any atom is -0.497 e. The van der Waals surface area contributed by atoms with Crippen LogP contribution in [0.2, 0.25) is 0 Å². The van der Waals surface area contributed by atoms with E-state index in [1.165, 1.54) is 0 Å². The number of ether oxygens (including phenoxy) is 1. The maximum atomic E-state index is 12.2. The van der Waals surface area contributed by atoms with Gasteiger partial charge in [-0.1, -0.05) is 24.3 Å². The zero-order chi connectivity index (χ0) is 19.2. The van der Waals surface area contributed by atoms with Crippen molar-refractivity contribution in [3.05, 3.63) is 65.2 Å². The number of nitrogens with zero attached hydrogens (tertiary/aromatic N) is 2. The molecule has 0 aliphatic heterocycles. The molecule has 27 heavy (non-hydrogen) atoms. The van der Waals surface area contributed by atoms with Crippen molar-refractivity contribution in [1.29, 1.82) is 0 Å². The van der Waals surface area contributed by atoms with E-state index >= 15 is 0 Å². The molecule has 1 atom stereocenters. The first-order chi connectivity index (χ1) is 13.1. The number of benzene rings is 2. The predicted molar refractivity (Wildman–Crippen MR) is 111 cm³/mol. The lowest BCUT2D eigenvalue weighted by Gasteiger charge is -2.25. The van der Waals surface area contributed by atoms with Gasteiger partial charge in [-0.3, -0.25) is 4.79 Å². The third-order valence-electron chi connectivity index (χ3n) is 4.28. The number of thiazole rings is 1. The number of carbonyl (C=O) groups excluding carboxylic acids is 1. The van der Waals surface area contributed by atoms with Crippen LogP contribution in [0.5, 0.6) is 5.75 Å². The van der Waals surface area contributed by atoms with Crippen LogP contribution in [-0.2, 0) is 4.79 Å². The van der Waals surface area contributed by atoms with Crippen LogP contribution >= 0.6 is 11.3 Å². The van der Waals surface area contributed by atoms with E-state index < -0.39 is 0 Å². The number of carbonyl (C=O) groups is 1. The number of amides is 1. The van der Waals surface area contributed by atoms with Crippen LogP contribution < -0.4 is 10.1 Å². The molecule has 0 radical (unpaired) electrons. The molecule has 0 aliphatic carbocycles. The summed E-state index contributed by atoms with van der Waals surface area (Å²) in [6.45, 7) is 0.516. The highest BCUT2D eigenvalue weighted by Gasteiger charge is 2.14. The fourth-order valence-corrected chi connectivity index (χ4v) is 3.66. The fourth-order valence-electron chi connectivity index (χ4n) is 2.79. The second kappa shape index (κ2) is 8.79. The molecule has 0 aliphatic rings. The smallest absolute Gasteiger partial charge is 0.244 e. The molecule has 1 unspecified atom stereocenters. The molecule has 0 saturated heterocycles. The summed E-state index contributed by atoms with van der Waals surface area (Å²) in [5.74, 6) is 0.689. The van der Waals surface area contributed by atoms with Crippen LogP contribution in [0.3, 0.4) is 0 Å². The van der Waals surface area contributed by atoms with Gasteiger partial charge in [0.25, 0.3) is 0 Å². The van der Waals surface area contributed by atoms with Crippen molar-refractivity contribution in [2.45, 2.75) is 6.04 Å². The molecular formula is C21H23N3O2S. The average molecular weight is 382 g/mol. The average Bonchev–Trinajstić information content (AvgIpc) is 3.10. The predicted octanol–water partition coefficient (Wildman–Crippen LogP) is 3.74. The lowest BCUT2D eigenvalue weighted by molar-refractivity contribution is -0.116. The quantitative estimate of drug-likeness (QED) is 0.634. The van der Waals surface area contributed by atoms with E-state index in [1.54, 1.807) is 30.6 Å². The number of nitrogens with one attached hydrogen (secondary N) is 1. The monoisotopic (exact) mass is 381 g/mol. The molecule has 1 amide bonds. The summed E-state index contributed by atoms with van der Waals surface area (Å²) in [6, 6.07) is 15.9. The van der Waals surface area contributed by atoms with Gasteiger partial charge in [0, 0.05) is 12.6 Å². The van der Waals surface area contributed by atoms with Crippen LogP contribution in [-0.4, -0.2) is 43.5 Å². The van der Waals surface area contributed by atoms with Crippen molar-refractivity contribution in [2.75, 3.05) is 27.7 Å². The molecule has 6 heteroatoms. The maximum absolute atomic E-state index is 12.2. The van der Waals surface area contributed by atoms with Gasteiger partial charge < -0.3 is 15.0 Å². The van der Waals surface area contributed by atoms with Crippen LogP contribution in [0.25, 0.3) is 16.3 Å². The number of likely N-dealkylation sites (N-methyl/N-ethyl adjacent to an activating group) is 1. The summed E-state index contributed by atoms with van der Waals surface area (Å²) >= 11 is 1.57. The van der Waals surface area contributed by atoms with Crippen molar-refractivity contribution in [2.24, 2.45) is 0 Å². The Balaban J connectivity index is 1.61. The van der Waals surface area contributed by atoms with Crippen LogP contribution in [0.1, 0.15) is 16.6 Å². The highest BCUT2D eigenvalue weighted by molar-refractivity contribution is 7.19. The molecule has 3 rings (SSSR count). The lowest BCUT2D eigenvalue weighted by atomic mass is 10.1. The van der Waals surface area contributed by atoms with Gasteiger partial charge in [-0.25, -0.2) is 4.98 Å². The van der Waals surface area contributed by atoms with Crippen molar-refractivity contribution in [1.82, 2.24) is 15.2 Å². The minimum absolute atomic E-state index is 0.0794.